The minimum Gasteiger partial charge on any atom is -0.480 e. The summed E-state index contributed by atoms with van der Waals surface area (Å²) >= 11 is 0. The fourth-order valence-corrected chi connectivity index (χ4v) is 1.38. The molecule has 2 atom stereocenters. The average Bonchev–Trinajstić information content (AvgIpc) is 2.01. The molecule has 6 nitrogen and oxygen atoms in total. The summed E-state index contributed by atoms with van der Waals surface area (Å²) in [6.07, 6.45) is -0.515. The minimum atomic E-state index is -2.06. The summed E-state index contributed by atoms with van der Waals surface area (Å²) in [4.78, 5) is 21.3. The highest BCUT2D eigenvalue weighted by atomic mass is 16.4. The number of aliphatic hydroxyl groups is 1. The third-order valence-corrected chi connectivity index (χ3v) is 2.02. The van der Waals surface area contributed by atoms with Gasteiger partial charge in [-0.3, -0.25) is 4.79 Å². The molecule has 0 aliphatic rings. The van der Waals surface area contributed by atoms with Crippen molar-refractivity contribution >= 4 is 11.9 Å². The molecule has 5 N–H and O–H groups in total. The lowest BCUT2D eigenvalue weighted by Gasteiger charge is -2.26. The van der Waals surface area contributed by atoms with Gasteiger partial charge in [-0.1, -0.05) is 13.8 Å². The van der Waals surface area contributed by atoms with E-state index in [0.717, 1.165) is 0 Å². The van der Waals surface area contributed by atoms with Gasteiger partial charge in [0.05, 0.1) is 0 Å². The lowest BCUT2D eigenvalue weighted by atomic mass is 9.87. The third-order valence-electron chi connectivity index (χ3n) is 2.02. The highest BCUT2D eigenvalue weighted by molar-refractivity contribution is 5.80. The number of nitrogens with two attached hydrogens (primary N) is 1. The van der Waals surface area contributed by atoms with Gasteiger partial charge in [0.15, 0.2) is 5.60 Å². The highest BCUT2D eigenvalue weighted by Crippen LogP contribution is 2.22. The van der Waals surface area contributed by atoms with Crippen LogP contribution in [0, 0.1) is 5.92 Å². The molecule has 0 heterocycles. The molecule has 88 valence electrons. The largest absolute Gasteiger partial charge is 0.480 e. The van der Waals surface area contributed by atoms with Crippen LogP contribution in [0.1, 0.15) is 26.7 Å². The van der Waals surface area contributed by atoms with Crippen molar-refractivity contribution in [1.29, 1.82) is 0 Å². The normalized spacial score (nSPS) is 17.1. The predicted octanol–water partition coefficient (Wildman–Crippen LogP) is -0.350. The number of hydrogen-bond donors (Lipinski definition) is 4. The molecular weight excluding hydrogens is 202 g/mol. The molecular formula is C9H17NO5. The molecule has 0 aliphatic heterocycles. The van der Waals surface area contributed by atoms with Crippen molar-refractivity contribution in [3.8, 4) is 0 Å². The third kappa shape index (κ3) is 4.26. The predicted molar refractivity (Wildman–Crippen MR) is 52.3 cm³/mol. The van der Waals surface area contributed by atoms with E-state index in [1.807, 2.05) is 0 Å². The number of rotatable bonds is 6. The van der Waals surface area contributed by atoms with E-state index < -0.39 is 30.0 Å². The molecule has 0 amide bonds. The maximum absolute atomic E-state index is 10.8. The van der Waals surface area contributed by atoms with Gasteiger partial charge in [-0.25, -0.2) is 4.79 Å². The lowest BCUT2D eigenvalue weighted by molar-refractivity contribution is -0.162. The highest BCUT2D eigenvalue weighted by Gasteiger charge is 2.39. The fraction of sp³-hybridized carbons (Fsp3) is 0.778. The van der Waals surface area contributed by atoms with Crippen LogP contribution in [0.4, 0.5) is 0 Å². The van der Waals surface area contributed by atoms with Crippen molar-refractivity contribution in [1.82, 2.24) is 0 Å². The van der Waals surface area contributed by atoms with Crippen molar-refractivity contribution < 1.29 is 24.9 Å². The Morgan fingerprint density at radius 3 is 2.00 bits per heavy atom. The first-order valence-corrected chi connectivity index (χ1v) is 4.63. The Morgan fingerprint density at radius 1 is 1.27 bits per heavy atom. The number of carbonyl (C=O) groups is 2. The first-order chi connectivity index (χ1) is 6.69. The molecule has 6 heteroatoms. The minimum absolute atomic E-state index is 0.0245. The summed E-state index contributed by atoms with van der Waals surface area (Å²) in [6.45, 7) is 3.47. The Bertz CT molecular complexity index is 253. The van der Waals surface area contributed by atoms with Crippen LogP contribution in [0.5, 0.6) is 0 Å². The summed E-state index contributed by atoms with van der Waals surface area (Å²) in [5.41, 5.74) is 3.13. The van der Waals surface area contributed by atoms with Crippen LogP contribution in [0.2, 0.25) is 0 Å². The van der Waals surface area contributed by atoms with Gasteiger partial charge in [-0.15, -0.1) is 0 Å². The zero-order valence-electron chi connectivity index (χ0n) is 8.80. The number of carboxylic acids is 2. The van der Waals surface area contributed by atoms with E-state index in [4.69, 9.17) is 15.9 Å². The molecule has 0 aromatic carbocycles. The summed E-state index contributed by atoms with van der Waals surface area (Å²) in [5.74, 6) is -2.82. The number of hydrogen-bond acceptors (Lipinski definition) is 4. The maximum Gasteiger partial charge on any atom is 0.335 e. The molecule has 0 bridgehead atoms. The van der Waals surface area contributed by atoms with Crippen LogP contribution in [-0.2, 0) is 9.59 Å². The molecule has 0 aromatic heterocycles. The molecule has 0 fully saturated rings. The second-order valence-corrected chi connectivity index (χ2v) is 4.08. The Kier molecular flexibility index (Phi) is 4.70. The van der Waals surface area contributed by atoms with E-state index in [0.29, 0.717) is 0 Å². The van der Waals surface area contributed by atoms with Crippen molar-refractivity contribution in [3.63, 3.8) is 0 Å². The van der Waals surface area contributed by atoms with Gasteiger partial charge in [0, 0.05) is 6.42 Å². The molecule has 0 spiro atoms. The van der Waals surface area contributed by atoms with Gasteiger partial charge < -0.3 is 21.1 Å². The molecule has 0 saturated heterocycles. The van der Waals surface area contributed by atoms with E-state index in [-0.39, 0.29) is 12.3 Å². The zero-order chi connectivity index (χ0) is 12.2. The Morgan fingerprint density at radius 2 is 1.73 bits per heavy atom. The first kappa shape index (κ1) is 13.9. The standard InChI is InChI=1S/C9H17NO5/c1-5(2)3-9(15,8(13)14)4-6(10)7(11)12/h5-6,15H,3-4,10H2,1-2H3,(H,11,12)(H,13,14)/t6-,9+/m0/s1. The molecule has 0 aliphatic carbocycles. The van der Waals surface area contributed by atoms with Crippen molar-refractivity contribution in [2.75, 3.05) is 0 Å². The van der Waals surface area contributed by atoms with Crippen LogP contribution >= 0.6 is 0 Å². The Labute approximate surface area is 87.7 Å². The second-order valence-electron chi connectivity index (χ2n) is 4.08. The number of aliphatic carboxylic acids is 2. The summed E-state index contributed by atoms with van der Waals surface area (Å²) in [7, 11) is 0. The summed E-state index contributed by atoms with van der Waals surface area (Å²) in [5, 5.41) is 27.1. The molecule has 15 heavy (non-hydrogen) atoms. The molecule has 0 aromatic rings. The average molecular weight is 219 g/mol. The van der Waals surface area contributed by atoms with Crippen molar-refractivity contribution in [2.45, 2.75) is 38.3 Å². The van der Waals surface area contributed by atoms with E-state index in [1.165, 1.54) is 0 Å². The number of carboxylic acid groups (broad SMARTS) is 2. The molecule has 0 radical (unpaired) electrons. The van der Waals surface area contributed by atoms with E-state index in [2.05, 4.69) is 0 Å². The maximum atomic E-state index is 10.8. The van der Waals surface area contributed by atoms with E-state index in [1.54, 1.807) is 13.8 Å². The lowest BCUT2D eigenvalue weighted by Crippen LogP contribution is -2.47. The Balaban J connectivity index is 4.65. The van der Waals surface area contributed by atoms with Crippen LogP contribution in [0.3, 0.4) is 0 Å². The summed E-state index contributed by atoms with van der Waals surface area (Å²) < 4.78 is 0. The molecule has 0 unspecified atom stereocenters. The monoisotopic (exact) mass is 219 g/mol. The van der Waals surface area contributed by atoms with Gasteiger partial charge in [0.2, 0.25) is 0 Å². The SMILES string of the molecule is CC(C)C[C@@](O)(C[C@H](N)C(=O)O)C(=O)O. The fourth-order valence-electron chi connectivity index (χ4n) is 1.38. The van der Waals surface area contributed by atoms with Gasteiger partial charge in [-0.05, 0) is 12.3 Å². The topological polar surface area (TPSA) is 121 Å². The van der Waals surface area contributed by atoms with Gasteiger partial charge in [0.25, 0.3) is 0 Å². The second kappa shape index (κ2) is 5.09. The zero-order valence-corrected chi connectivity index (χ0v) is 8.80. The quantitative estimate of drug-likeness (QED) is 0.484. The van der Waals surface area contributed by atoms with Gasteiger partial charge >= 0.3 is 11.9 Å². The van der Waals surface area contributed by atoms with Crippen LogP contribution in [0.25, 0.3) is 0 Å². The summed E-state index contributed by atoms with van der Waals surface area (Å²) in [6, 6.07) is -1.37. The molecule has 0 rings (SSSR count). The first-order valence-electron chi connectivity index (χ1n) is 4.63. The van der Waals surface area contributed by atoms with Crippen LogP contribution in [-0.4, -0.2) is 38.9 Å². The molecule has 0 saturated carbocycles. The van der Waals surface area contributed by atoms with Gasteiger partial charge in [-0.2, -0.15) is 0 Å². The van der Waals surface area contributed by atoms with Crippen LogP contribution < -0.4 is 5.73 Å². The van der Waals surface area contributed by atoms with E-state index in [9.17, 15) is 14.7 Å². The van der Waals surface area contributed by atoms with Gasteiger partial charge in [0.1, 0.15) is 6.04 Å². The smallest absolute Gasteiger partial charge is 0.335 e. The van der Waals surface area contributed by atoms with Crippen LogP contribution in [0.15, 0.2) is 0 Å². The van der Waals surface area contributed by atoms with E-state index >= 15 is 0 Å². The van der Waals surface area contributed by atoms with Crippen molar-refractivity contribution in [3.05, 3.63) is 0 Å². The Hall–Kier alpha value is -1.14. The van der Waals surface area contributed by atoms with Crippen molar-refractivity contribution in [2.24, 2.45) is 11.7 Å².